The Labute approximate surface area is 157 Å². The zero-order valence-electron chi connectivity index (χ0n) is 15.3. The van der Waals surface area contributed by atoms with Crippen LogP contribution in [0.25, 0.3) is 0 Å². The summed E-state index contributed by atoms with van der Waals surface area (Å²) in [6, 6.07) is 11.5. The monoisotopic (exact) mass is 375 g/mol. The number of nitrogens with zero attached hydrogens (tertiary/aromatic N) is 1. The number of carboxylic acids is 1. The van der Waals surface area contributed by atoms with Gasteiger partial charge in [0.15, 0.2) is 18.2 Å². The van der Waals surface area contributed by atoms with E-state index in [1.807, 2.05) is 0 Å². The molecule has 0 saturated carbocycles. The van der Waals surface area contributed by atoms with Crippen molar-refractivity contribution in [3.63, 3.8) is 0 Å². The van der Waals surface area contributed by atoms with Crippen LogP contribution in [0, 0.1) is 5.82 Å². The molecule has 2 rings (SSSR count). The number of methoxy groups -OCH3 is 1. The van der Waals surface area contributed by atoms with Crippen LogP contribution in [0.3, 0.4) is 0 Å². The summed E-state index contributed by atoms with van der Waals surface area (Å²) in [4.78, 5) is 24.4. The van der Waals surface area contributed by atoms with Crippen molar-refractivity contribution in [2.24, 2.45) is 0 Å². The smallest absolute Gasteiger partial charge is 0.341 e. The fourth-order valence-corrected chi connectivity index (χ4v) is 2.51. The Bertz CT molecular complexity index is 791. The van der Waals surface area contributed by atoms with Gasteiger partial charge in [0, 0.05) is 20.0 Å². The molecule has 0 saturated heterocycles. The molecule has 0 aliphatic heterocycles. The highest BCUT2D eigenvalue weighted by molar-refractivity contribution is 5.76. The third-order valence-corrected chi connectivity index (χ3v) is 3.97. The van der Waals surface area contributed by atoms with Gasteiger partial charge in [0.25, 0.3) is 0 Å². The van der Waals surface area contributed by atoms with Gasteiger partial charge in [-0.1, -0.05) is 18.2 Å². The lowest BCUT2D eigenvalue weighted by atomic mass is 10.1. The number of halogens is 1. The van der Waals surface area contributed by atoms with Gasteiger partial charge < -0.3 is 19.5 Å². The Morgan fingerprint density at radius 3 is 2.37 bits per heavy atom. The number of hydrogen-bond donors (Lipinski definition) is 1. The fourth-order valence-electron chi connectivity index (χ4n) is 2.51. The zero-order valence-corrected chi connectivity index (χ0v) is 15.3. The first-order valence-electron chi connectivity index (χ1n) is 8.39. The van der Waals surface area contributed by atoms with Crippen molar-refractivity contribution < 1.29 is 28.6 Å². The van der Waals surface area contributed by atoms with Crippen molar-refractivity contribution in [3.8, 4) is 11.5 Å². The zero-order chi connectivity index (χ0) is 19.8. The molecule has 6 nitrogen and oxygen atoms in total. The number of carbonyl (C=O) groups is 2. The van der Waals surface area contributed by atoms with Gasteiger partial charge in [0.2, 0.25) is 5.91 Å². The van der Waals surface area contributed by atoms with Crippen LogP contribution in [-0.2, 0) is 22.6 Å². The van der Waals surface area contributed by atoms with Crippen LogP contribution in [-0.4, -0.2) is 42.6 Å². The van der Waals surface area contributed by atoms with Gasteiger partial charge in [0.1, 0.15) is 5.75 Å². The van der Waals surface area contributed by atoms with Crippen LogP contribution >= 0.6 is 0 Å². The van der Waals surface area contributed by atoms with Crippen molar-refractivity contribution in [3.05, 3.63) is 59.4 Å². The van der Waals surface area contributed by atoms with Crippen LogP contribution in [0.2, 0.25) is 0 Å². The van der Waals surface area contributed by atoms with Crippen molar-refractivity contribution in [1.29, 1.82) is 0 Å². The Morgan fingerprint density at radius 2 is 1.78 bits per heavy atom. The predicted molar refractivity (Wildman–Crippen MR) is 97.3 cm³/mol. The third-order valence-electron chi connectivity index (χ3n) is 3.97. The maximum absolute atomic E-state index is 13.7. The molecule has 0 atom stereocenters. The van der Waals surface area contributed by atoms with E-state index in [1.165, 1.54) is 13.2 Å². The number of rotatable bonds is 9. The van der Waals surface area contributed by atoms with E-state index in [0.29, 0.717) is 18.7 Å². The molecule has 0 aromatic heterocycles. The van der Waals surface area contributed by atoms with Crippen molar-refractivity contribution in [2.45, 2.75) is 19.4 Å². The molecule has 1 amide bonds. The first kappa shape index (κ1) is 20.2. The molecule has 27 heavy (non-hydrogen) atoms. The molecular formula is C20H22FNO5. The van der Waals surface area contributed by atoms with Gasteiger partial charge in [0.05, 0.1) is 7.11 Å². The van der Waals surface area contributed by atoms with Gasteiger partial charge >= 0.3 is 5.97 Å². The topological polar surface area (TPSA) is 76.1 Å². The fraction of sp³-hybridized carbons (Fsp3) is 0.300. The van der Waals surface area contributed by atoms with E-state index in [-0.39, 0.29) is 18.1 Å². The van der Waals surface area contributed by atoms with Gasteiger partial charge in [-0.15, -0.1) is 0 Å². The molecule has 0 fully saturated rings. The summed E-state index contributed by atoms with van der Waals surface area (Å²) in [5.41, 5.74) is 1.62. The van der Waals surface area contributed by atoms with Crippen LogP contribution in [0.15, 0.2) is 42.5 Å². The summed E-state index contributed by atoms with van der Waals surface area (Å²) in [5.74, 6) is -0.908. The first-order chi connectivity index (χ1) is 12.9. The number of carboxylic acid groups (broad SMARTS) is 1. The van der Waals surface area contributed by atoms with E-state index in [0.717, 1.165) is 11.1 Å². The second kappa shape index (κ2) is 9.56. The summed E-state index contributed by atoms with van der Waals surface area (Å²) < 4.78 is 23.6. The molecule has 0 bridgehead atoms. The Morgan fingerprint density at radius 1 is 1.11 bits per heavy atom. The third kappa shape index (κ3) is 6.29. The van der Waals surface area contributed by atoms with Crippen LogP contribution in [0.5, 0.6) is 11.5 Å². The average molecular weight is 375 g/mol. The summed E-state index contributed by atoms with van der Waals surface area (Å²) in [6.45, 7) is 0.0126. The number of ether oxygens (including phenoxy) is 2. The maximum Gasteiger partial charge on any atom is 0.341 e. The molecule has 1 N–H and O–H groups in total. The van der Waals surface area contributed by atoms with Crippen LogP contribution < -0.4 is 9.47 Å². The largest absolute Gasteiger partial charge is 0.494 e. The molecule has 144 valence electrons. The lowest BCUT2D eigenvalue weighted by Gasteiger charge is -2.17. The van der Waals surface area contributed by atoms with E-state index in [9.17, 15) is 14.0 Å². The summed E-state index contributed by atoms with van der Waals surface area (Å²) in [7, 11) is 3.10. The average Bonchev–Trinajstić information content (AvgIpc) is 2.65. The normalized spacial score (nSPS) is 10.3. The minimum absolute atomic E-state index is 0.0579. The first-order valence-corrected chi connectivity index (χ1v) is 8.39. The van der Waals surface area contributed by atoms with Crippen LogP contribution in [0.4, 0.5) is 4.39 Å². The molecule has 0 spiro atoms. The van der Waals surface area contributed by atoms with Crippen molar-refractivity contribution in [1.82, 2.24) is 4.90 Å². The standard InChI is InChI=1S/C20H22FNO5/c1-22(12-15-3-7-16(8-4-15)27-13-20(24)25)19(23)10-6-14-5-9-18(26-2)17(21)11-14/h3-5,7-9,11H,6,10,12-13H2,1-2H3,(H,24,25). The van der Waals surface area contributed by atoms with E-state index in [1.54, 1.807) is 48.3 Å². The van der Waals surface area contributed by atoms with Crippen molar-refractivity contribution in [2.75, 3.05) is 20.8 Å². The van der Waals surface area contributed by atoms with Crippen molar-refractivity contribution >= 4 is 11.9 Å². The molecule has 7 heteroatoms. The highest BCUT2D eigenvalue weighted by Crippen LogP contribution is 2.19. The summed E-state index contributed by atoms with van der Waals surface area (Å²) in [5, 5.41) is 8.59. The highest BCUT2D eigenvalue weighted by Gasteiger charge is 2.11. The minimum Gasteiger partial charge on any atom is -0.494 e. The van der Waals surface area contributed by atoms with Gasteiger partial charge in [-0.3, -0.25) is 4.79 Å². The Hall–Kier alpha value is -3.09. The maximum atomic E-state index is 13.7. The van der Waals surface area contributed by atoms with Gasteiger partial charge in [-0.25, -0.2) is 9.18 Å². The Balaban J connectivity index is 1.84. The molecule has 2 aromatic carbocycles. The SMILES string of the molecule is COc1ccc(CCC(=O)N(C)Cc2ccc(OCC(=O)O)cc2)cc1F. The minimum atomic E-state index is -1.04. The molecule has 0 unspecified atom stereocenters. The van der Waals surface area contributed by atoms with Crippen LogP contribution in [0.1, 0.15) is 17.5 Å². The number of aliphatic carboxylic acids is 1. The predicted octanol–water partition coefficient (Wildman–Crippen LogP) is 2.89. The molecule has 0 heterocycles. The second-order valence-electron chi connectivity index (χ2n) is 6.05. The molecule has 0 radical (unpaired) electrons. The second-order valence-corrected chi connectivity index (χ2v) is 6.05. The van der Waals surface area contributed by atoms with E-state index < -0.39 is 18.4 Å². The number of amides is 1. The van der Waals surface area contributed by atoms with E-state index in [4.69, 9.17) is 14.6 Å². The molecule has 2 aromatic rings. The molecular weight excluding hydrogens is 353 g/mol. The number of aryl methyl sites for hydroxylation is 1. The molecule has 0 aliphatic carbocycles. The number of carbonyl (C=O) groups excluding carboxylic acids is 1. The lowest BCUT2D eigenvalue weighted by Crippen LogP contribution is -2.26. The quantitative estimate of drug-likeness (QED) is 0.729. The Kier molecular flexibility index (Phi) is 7.16. The van der Waals surface area contributed by atoms with E-state index in [2.05, 4.69) is 0 Å². The number of hydrogen-bond acceptors (Lipinski definition) is 4. The van der Waals surface area contributed by atoms with Gasteiger partial charge in [-0.05, 0) is 41.8 Å². The summed E-state index contributed by atoms with van der Waals surface area (Å²) >= 11 is 0. The summed E-state index contributed by atoms with van der Waals surface area (Å²) in [6.07, 6.45) is 0.703. The van der Waals surface area contributed by atoms with Gasteiger partial charge in [-0.2, -0.15) is 0 Å². The molecule has 0 aliphatic rings. The van der Waals surface area contributed by atoms with E-state index >= 15 is 0 Å². The lowest BCUT2D eigenvalue weighted by molar-refractivity contribution is -0.139. The highest BCUT2D eigenvalue weighted by atomic mass is 19.1. The number of benzene rings is 2.